The number of carbonyl (C=O) groups is 2. The van der Waals surface area contributed by atoms with Crippen LogP contribution in [-0.4, -0.2) is 22.8 Å². The maximum atomic E-state index is 13.1. The number of halogens is 2. The Balaban J connectivity index is 1.35. The molecule has 3 aromatic rings. The zero-order chi connectivity index (χ0) is 23.7. The van der Waals surface area contributed by atoms with Gasteiger partial charge in [0.25, 0.3) is 11.1 Å². The van der Waals surface area contributed by atoms with Gasteiger partial charge in [-0.1, -0.05) is 59.6 Å². The second-order valence-corrected chi connectivity index (χ2v) is 9.29. The summed E-state index contributed by atoms with van der Waals surface area (Å²) in [7, 11) is 0. The number of fused-ring (bicyclic) bond motifs is 1. The number of hydrogen-bond donors (Lipinski definition) is 0. The van der Waals surface area contributed by atoms with E-state index in [1.54, 1.807) is 30.3 Å². The third-order valence-electron chi connectivity index (χ3n) is 5.29. The van der Waals surface area contributed by atoms with Crippen molar-refractivity contribution in [1.82, 2.24) is 4.90 Å². The molecule has 6 nitrogen and oxygen atoms in total. The average Bonchev–Trinajstić information content (AvgIpc) is 3.38. The highest BCUT2D eigenvalue weighted by atomic mass is 35.5. The van der Waals surface area contributed by atoms with Gasteiger partial charge in [-0.2, -0.15) is 0 Å². The van der Waals surface area contributed by atoms with Crippen LogP contribution in [0.3, 0.4) is 0 Å². The van der Waals surface area contributed by atoms with E-state index >= 15 is 0 Å². The fraction of sp³-hybridized carbons (Fsp3) is 0.120. The van der Waals surface area contributed by atoms with Crippen LogP contribution in [0.5, 0.6) is 17.2 Å². The van der Waals surface area contributed by atoms with Crippen LogP contribution in [0.4, 0.5) is 4.79 Å². The highest BCUT2D eigenvalue weighted by Gasteiger charge is 2.36. The van der Waals surface area contributed by atoms with Crippen LogP contribution in [-0.2, 0) is 17.9 Å². The molecule has 0 saturated carbocycles. The van der Waals surface area contributed by atoms with E-state index in [4.69, 9.17) is 37.4 Å². The third-order valence-corrected chi connectivity index (χ3v) is 6.92. The molecule has 0 aromatic heterocycles. The number of ether oxygens (including phenoxy) is 3. The number of para-hydroxylation sites is 1. The Kier molecular flexibility index (Phi) is 6.41. The molecule has 0 bridgehead atoms. The van der Waals surface area contributed by atoms with E-state index in [9.17, 15) is 9.59 Å². The van der Waals surface area contributed by atoms with Crippen LogP contribution >= 0.6 is 35.0 Å². The van der Waals surface area contributed by atoms with Crippen LogP contribution < -0.4 is 14.2 Å². The van der Waals surface area contributed by atoms with E-state index in [0.717, 1.165) is 22.2 Å². The number of hydrogen-bond acceptors (Lipinski definition) is 6. The lowest BCUT2D eigenvalue weighted by atomic mass is 10.1. The van der Waals surface area contributed by atoms with Gasteiger partial charge >= 0.3 is 0 Å². The summed E-state index contributed by atoms with van der Waals surface area (Å²) in [5.74, 6) is 1.25. The van der Waals surface area contributed by atoms with E-state index in [2.05, 4.69) is 0 Å². The summed E-state index contributed by atoms with van der Waals surface area (Å²) in [4.78, 5) is 27.2. The molecule has 0 aliphatic carbocycles. The largest absolute Gasteiger partial charge is 0.488 e. The molecule has 5 rings (SSSR count). The molecule has 0 radical (unpaired) electrons. The topological polar surface area (TPSA) is 65.1 Å². The Morgan fingerprint density at radius 2 is 1.68 bits per heavy atom. The van der Waals surface area contributed by atoms with E-state index < -0.39 is 5.91 Å². The van der Waals surface area contributed by atoms with Crippen molar-refractivity contribution in [3.05, 3.63) is 92.3 Å². The number of amides is 2. The minimum absolute atomic E-state index is 0.0299. The summed E-state index contributed by atoms with van der Waals surface area (Å²) < 4.78 is 16.7. The lowest BCUT2D eigenvalue weighted by Crippen LogP contribution is -2.27. The highest BCUT2D eigenvalue weighted by Crippen LogP contribution is 2.40. The van der Waals surface area contributed by atoms with Gasteiger partial charge in [-0.05, 0) is 41.6 Å². The van der Waals surface area contributed by atoms with Crippen LogP contribution in [0, 0.1) is 0 Å². The first-order chi connectivity index (χ1) is 16.5. The van der Waals surface area contributed by atoms with Crippen LogP contribution in [0.2, 0.25) is 10.0 Å². The number of benzene rings is 3. The molecule has 0 spiro atoms. The Bertz CT molecular complexity index is 1330. The van der Waals surface area contributed by atoms with Gasteiger partial charge in [0.15, 0.2) is 11.5 Å². The van der Waals surface area contributed by atoms with Crippen molar-refractivity contribution in [2.75, 3.05) is 6.79 Å². The molecule has 3 aromatic carbocycles. The molecule has 2 heterocycles. The van der Waals surface area contributed by atoms with Gasteiger partial charge in [-0.15, -0.1) is 0 Å². The Morgan fingerprint density at radius 3 is 2.50 bits per heavy atom. The van der Waals surface area contributed by atoms with Gasteiger partial charge in [-0.3, -0.25) is 14.5 Å². The SMILES string of the molecule is O=C1S/C(=C/c2ccccc2OCc2ccccc2Cl)C(=O)N1Cc1cc2c(cc1Cl)OCO2. The number of imide groups is 1. The number of thioether (sulfide) groups is 1. The minimum atomic E-state index is -0.398. The summed E-state index contributed by atoms with van der Waals surface area (Å²) in [5.41, 5.74) is 2.12. The Labute approximate surface area is 210 Å². The molecule has 2 aliphatic rings. The number of rotatable bonds is 6. The first kappa shape index (κ1) is 22.7. The second-order valence-electron chi connectivity index (χ2n) is 7.48. The van der Waals surface area contributed by atoms with E-state index in [1.807, 2.05) is 36.4 Å². The fourth-order valence-electron chi connectivity index (χ4n) is 3.53. The Hall–Kier alpha value is -3.13. The first-order valence-corrected chi connectivity index (χ1v) is 11.9. The van der Waals surface area contributed by atoms with Crippen LogP contribution in [0.1, 0.15) is 16.7 Å². The number of nitrogens with zero attached hydrogens (tertiary/aromatic N) is 1. The summed E-state index contributed by atoms with van der Waals surface area (Å²) in [6.45, 7) is 0.411. The predicted octanol–water partition coefficient (Wildman–Crippen LogP) is 6.54. The summed E-state index contributed by atoms with van der Waals surface area (Å²) in [5, 5.41) is 0.633. The van der Waals surface area contributed by atoms with Crippen molar-refractivity contribution in [2.45, 2.75) is 13.2 Å². The quantitative estimate of drug-likeness (QED) is 0.348. The zero-order valence-corrected chi connectivity index (χ0v) is 20.0. The molecule has 0 unspecified atom stereocenters. The highest BCUT2D eigenvalue weighted by molar-refractivity contribution is 8.18. The molecule has 2 aliphatic heterocycles. The zero-order valence-electron chi connectivity index (χ0n) is 17.6. The lowest BCUT2D eigenvalue weighted by molar-refractivity contribution is -0.123. The number of carbonyl (C=O) groups excluding carboxylic acids is 2. The van der Waals surface area contributed by atoms with Crippen LogP contribution in [0.25, 0.3) is 6.08 Å². The molecule has 0 atom stereocenters. The third kappa shape index (κ3) is 4.59. The van der Waals surface area contributed by atoms with Crippen molar-refractivity contribution in [1.29, 1.82) is 0 Å². The van der Waals surface area contributed by atoms with Crippen molar-refractivity contribution in [3.8, 4) is 17.2 Å². The van der Waals surface area contributed by atoms with E-state index in [0.29, 0.717) is 43.3 Å². The van der Waals surface area contributed by atoms with E-state index in [1.165, 1.54) is 0 Å². The average molecular weight is 514 g/mol. The monoisotopic (exact) mass is 513 g/mol. The molecule has 34 heavy (non-hydrogen) atoms. The summed E-state index contributed by atoms with van der Waals surface area (Å²) >= 11 is 13.4. The van der Waals surface area contributed by atoms with Gasteiger partial charge in [0.05, 0.1) is 11.4 Å². The van der Waals surface area contributed by atoms with Gasteiger partial charge in [0.2, 0.25) is 6.79 Å². The van der Waals surface area contributed by atoms with Gasteiger partial charge < -0.3 is 14.2 Å². The maximum Gasteiger partial charge on any atom is 0.293 e. The molecule has 172 valence electrons. The van der Waals surface area contributed by atoms with E-state index in [-0.39, 0.29) is 25.2 Å². The molecule has 9 heteroatoms. The van der Waals surface area contributed by atoms with Crippen molar-refractivity contribution in [3.63, 3.8) is 0 Å². The maximum absolute atomic E-state index is 13.1. The van der Waals surface area contributed by atoms with Crippen molar-refractivity contribution in [2.24, 2.45) is 0 Å². The lowest BCUT2D eigenvalue weighted by Gasteiger charge is -2.14. The summed E-state index contributed by atoms with van der Waals surface area (Å²) in [6, 6.07) is 18.1. The van der Waals surface area contributed by atoms with Gasteiger partial charge in [0, 0.05) is 27.2 Å². The normalized spacial score (nSPS) is 15.9. The molecule has 0 N–H and O–H groups in total. The van der Waals surface area contributed by atoms with Crippen molar-refractivity contribution < 1.29 is 23.8 Å². The minimum Gasteiger partial charge on any atom is -0.488 e. The standard InChI is InChI=1S/C25H17Cl2NO5S/c26-18-7-3-1-6-16(18)13-31-20-8-4-2-5-15(20)10-23-24(29)28(25(30)34-23)12-17-9-21-22(11-19(17)27)33-14-32-21/h1-11H,12-14H2/b23-10+. The summed E-state index contributed by atoms with van der Waals surface area (Å²) in [6.07, 6.45) is 1.66. The van der Waals surface area contributed by atoms with Gasteiger partial charge in [0.1, 0.15) is 12.4 Å². The molecular formula is C25H17Cl2NO5S. The van der Waals surface area contributed by atoms with Crippen LogP contribution in [0.15, 0.2) is 65.6 Å². The predicted molar refractivity (Wildman–Crippen MR) is 131 cm³/mol. The fourth-order valence-corrected chi connectivity index (χ4v) is 4.76. The molecule has 1 fully saturated rings. The van der Waals surface area contributed by atoms with Gasteiger partial charge in [-0.25, -0.2) is 0 Å². The Morgan fingerprint density at radius 1 is 0.941 bits per heavy atom. The second kappa shape index (κ2) is 9.62. The smallest absolute Gasteiger partial charge is 0.293 e. The molecule has 2 amide bonds. The first-order valence-electron chi connectivity index (χ1n) is 10.3. The molecular weight excluding hydrogens is 497 g/mol. The molecule has 1 saturated heterocycles. The van der Waals surface area contributed by atoms with Crippen molar-refractivity contribution >= 4 is 52.2 Å².